The maximum atomic E-state index is 11.8. The lowest BCUT2D eigenvalue weighted by atomic mass is 10.1. The first-order valence-electron chi connectivity index (χ1n) is 8.00. The molecule has 1 unspecified atom stereocenters. The van der Waals surface area contributed by atoms with Crippen LogP contribution in [0.25, 0.3) is 0 Å². The maximum Gasteiger partial charge on any atom is 0.408 e. The number of hydrogen-bond acceptors (Lipinski definition) is 4. The Hall–Kier alpha value is -2.83. The summed E-state index contributed by atoms with van der Waals surface area (Å²) in [5.41, 5.74) is 1.01. The number of nitrogens with one attached hydrogen (secondary N) is 1. The van der Waals surface area contributed by atoms with Crippen molar-refractivity contribution in [1.29, 1.82) is 0 Å². The van der Waals surface area contributed by atoms with Crippen molar-refractivity contribution in [2.24, 2.45) is 0 Å². The Labute approximate surface area is 146 Å². The Morgan fingerprint density at radius 1 is 1.28 bits per heavy atom. The van der Waals surface area contributed by atoms with Gasteiger partial charge in [0.05, 0.1) is 12.0 Å². The van der Waals surface area contributed by atoms with Crippen LogP contribution in [0, 0.1) is 0 Å². The lowest BCUT2D eigenvalue weighted by Crippen LogP contribution is -2.44. The minimum absolute atomic E-state index is 0.0797. The van der Waals surface area contributed by atoms with Gasteiger partial charge in [-0.05, 0) is 26.3 Å². The number of carbonyl (C=O) groups is 2. The Kier molecular flexibility index (Phi) is 5.80. The Balaban J connectivity index is 1.98. The minimum atomic E-state index is -1.14. The molecular formula is C18H23N3O4. The highest BCUT2D eigenvalue weighted by molar-refractivity contribution is 5.80. The second kappa shape index (κ2) is 7.83. The monoisotopic (exact) mass is 345 g/mol. The van der Waals surface area contributed by atoms with Crippen molar-refractivity contribution in [3.63, 3.8) is 0 Å². The number of carboxylic acids is 1. The van der Waals surface area contributed by atoms with Gasteiger partial charge in [-0.15, -0.1) is 0 Å². The lowest BCUT2D eigenvalue weighted by Gasteiger charge is -2.21. The molecule has 2 rings (SSSR count). The van der Waals surface area contributed by atoms with E-state index >= 15 is 0 Å². The van der Waals surface area contributed by atoms with Gasteiger partial charge in [-0.25, -0.2) is 14.6 Å². The summed E-state index contributed by atoms with van der Waals surface area (Å²) in [6, 6.07) is 8.77. The van der Waals surface area contributed by atoms with Crippen molar-refractivity contribution in [2.75, 3.05) is 0 Å². The quantitative estimate of drug-likeness (QED) is 0.839. The summed E-state index contributed by atoms with van der Waals surface area (Å²) in [7, 11) is 0. The number of nitrogens with zero attached hydrogens (tertiary/aromatic N) is 2. The summed E-state index contributed by atoms with van der Waals surface area (Å²) in [5.74, 6) is -1.14. The van der Waals surface area contributed by atoms with E-state index in [4.69, 9.17) is 4.74 Å². The number of benzene rings is 1. The van der Waals surface area contributed by atoms with Crippen molar-refractivity contribution in [2.45, 2.75) is 45.4 Å². The number of aliphatic carboxylic acids is 1. The lowest BCUT2D eigenvalue weighted by molar-refractivity contribution is -0.139. The first kappa shape index (κ1) is 18.5. The molecule has 25 heavy (non-hydrogen) atoms. The van der Waals surface area contributed by atoms with Crippen LogP contribution < -0.4 is 5.32 Å². The fourth-order valence-electron chi connectivity index (χ4n) is 2.25. The van der Waals surface area contributed by atoms with Gasteiger partial charge in [0.1, 0.15) is 11.6 Å². The molecule has 0 aliphatic rings. The van der Waals surface area contributed by atoms with Gasteiger partial charge in [0.15, 0.2) is 0 Å². The van der Waals surface area contributed by atoms with E-state index in [2.05, 4.69) is 10.3 Å². The maximum absolute atomic E-state index is 11.8. The van der Waals surface area contributed by atoms with Crippen LogP contribution in [0.2, 0.25) is 0 Å². The van der Waals surface area contributed by atoms with Gasteiger partial charge in [-0.2, -0.15) is 0 Å². The number of carboxylic acid groups (broad SMARTS) is 1. The highest BCUT2D eigenvalue weighted by Crippen LogP contribution is 2.09. The fraction of sp³-hybridized carbons (Fsp3) is 0.389. The van der Waals surface area contributed by atoms with Crippen LogP contribution in [-0.2, 0) is 22.5 Å². The number of imidazole rings is 1. The summed E-state index contributed by atoms with van der Waals surface area (Å²) in [4.78, 5) is 27.4. The molecule has 1 aromatic carbocycles. The van der Waals surface area contributed by atoms with Gasteiger partial charge in [0.2, 0.25) is 0 Å². The molecule has 2 N–H and O–H groups in total. The predicted molar refractivity (Wildman–Crippen MR) is 92.3 cm³/mol. The summed E-state index contributed by atoms with van der Waals surface area (Å²) < 4.78 is 6.97. The van der Waals surface area contributed by atoms with Gasteiger partial charge in [0.25, 0.3) is 0 Å². The van der Waals surface area contributed by atoms with E-state index < -0.39 is 23.7 Å². The molecule has 0 radical (unpaired) electrons. The molecule has 0 saturated heterocycles. The molecule has 134 valence electrons. The zero-order valence-electron chi connectivity index (χ0n) is 14.6. The molecule has 0 spiro atoms. The molecule has 0 fully saturated rings. The van der Waals surface area contributed by atoms with Crippen LogP contribution >= 0.6 is 0 Å². The number of hydrogen-bond donors (Lipinski definition) is 2. The highest BCUT2D eigenvalue weighted by Gasteiger charge is 2.24. The van der Waals surface area contributed by atoms with Crippen molar-refractivity contribution in [3.05, 3.63) is 54.1 Å². The van der Waals surface area contributed by atoms with Gasteiger partial charge >= 0.3 is 12.1 Å². The van der Waals surface area contributed by atoms with Crippen LogP contribution in [0.15, 0.2) is 42.9 Å². The number of amides is 1. The zero-order chi connectivity index (χ0) is 18.4. The predicted octanol–water partition coefficient (Wildman–Crippen LogP) is 2.45. The molecule has 0 aliphatic heterocycles. The van der Waals surface area contributed by atoms with Crippen LogP contribution in [0.3, 0.4) is 0 Å². The normalized spacial score (nSPS) is 12.4. The van der Waals surface area contributed by atoms with E-state index in [0.717, 1.165) is 5.56 Å². The fourth-order valence-corrected chi connectivity index (χ4v) is 2.25. The van der Waals surface area contributed by atoms with Crippen molar-refractivity contribution in [3.8, 4) is 0 Å². The largest absolute Gasteiger partial charge is 0.480 e. The molecule has 0 bridgehead atoms. The van der Waals surface area contributed by atoms with Crippen LogP contribution in [0.5, 0.6) is 0 Å². The summed E-state index contributed by atoms with van der Waals surface area (Å²) in [6.07, 6.45) is 2.74. The van der Waals surface area contributed by atoms with E-state index in [1.54, 1.807) is 33.3 Å². The molecule has 1 heterocycles. The third kappa shape index (κ3) is 6.29. The average Bonchev–Trinajstić information content (AvgIpc) is 2.92. The van der Waals surface area contributed by atoms with Crippen LogP contribution in [0.4, 0.5) is 4.79 Å². The molecule has 0 saturated carbocycles. The van der Waals surface area contributed by atoms with Gasteiger partial charge in [0, 0.05) is 19.2 Å². The van der Waals surface area contributed by atoms with Crippen LogP contribution in [0.1, 0.15) is 32.0 Å². The first-order chi connectivity index (χ1) is 11.7. The van der Waals surface area contributed by atoms with Crippen molar-refractivity contribution in [1.82, 2.24) is 14.9 Å². The molecule has 1 atom stereocenters. The molecule has 7 nitrogen and oxygen atoms in total. The zero-order valence-corrected chi connectivity index (χ0v) is 14.6. The second-order valence-electron chi connectivity index (χ2n) is 6.76. The number of rotatable bonds is 6. The highest BCUT2D eigenvalue weighted by atomic mass is 16.6. The Bertz CT molecular complexity index is 719. The van der Waals surface area contributed by atoms with Gasteiger partial charge in [-0.1, -0.05) is 30.3 Å². The summed E-state index contributed by atoms with van der Waals surface area (Å²) >= 11 is 0. The van der Waals surface area contributed by atoms with E-state index in [0.29, 0.717) is 12.2 Å². The summed E-state index contributed by atoms with van der Waals surface area (Å²) in [5, 5.41) is 11.7. The standard InChI is InChI=1S/C18H23N3O4/c1-18(2,3)25-17(24)20-15(16(22)23)9-14-11-21(12-19-14)10-13-7-5-4-6-8-13/h4-8,11-12,15H,9-10H2,1-3H3,(H,20,24)(H,22,23). The summed E-state index contributed by atoms with van der Waals surface area (Å²) in [6.45, 7) is 5.79. The molecular weight excluding hydrogens is 322 g/mol. The molecule has 1 aromatic heterocycles. The van der Waals surface area contributed by atoms with Crippen molar-refractivity contribution >= 4 is 12.1 Å². The SMILES string of the molecule is CC(C)(C)OC(=O)NC(Cc1cn(Cc2ccccc2)cn1)C(=O)O. The molecule has 1 amide bonds. The Morgan fingerprint density at radius 2 is 1.96 bits per heavy atom. The number of aromatic nitrogens is 2. The number of carbonyl (C=O) groups excluding carboxylic acids is 1. The molecule has 0 aliphatic carbocycles. The smallest absolute Gasteiger partial charge is 0.408 e. The van der Waals surface area contributed by atoms with Crippen LogP contribution in [-0.4, -0.2) is 38.4 Å². The third-order valence-electron chi connectivity index (χ3n) is 3.30. The van der Waals surface area contributed by atoms with E-state index in [9.17, 15) is 14.7 Å². The third-order valence-corrected chi connectivity index (χ3v) is 3.30. The Morgan fingerprint density at radius 3 is 2.56 bits per heavy atom. The number of ether oxygens (including phenoxy) is 1. The second-order valence-corrected chi connectivity index (χ2v) is 6.76. The van der Waals surface area contributed by atoms with Gasteiger partial charge in [-0.3, -0.25) is 0 Å². The molecule has 2 aromatic rings. The van der Waals surface area contributed by atoms with E-state index in [1.807, 2.05) is 34.9 Å². The molecule has 7 heteroatoms. The van der Waals surface area contributed by atoms with E-state index in [-0.39, 0.29) is 6.42 Å². The minimum Gasteiger partial charge on any atom is -0.480 e. The number of alkyl carbamates (subject to hydrolysis) is 1. The van der Waals surface area contributed by atoms with Crippen molar-refractivity contribution < 1.29 is 19.4 Å². The van der Waals surface area contributed by atoms with Gasteiger partial charge < -0.3 is 19.7 Å². The average molecular weight is 345 g/mol. The first-order valence-corrected chi connectivity index (χ1v) is 8.00. The topological polar surface area (TPSA) is 93.5 Å². The van der Waals surface area contributed by atoms with E-state index in [1.165, 1.54) is 0 Å².